The molecular weight excluding hydrogens is 226 g/mol. The minimum atomic E-state index is 0.280. The Hall–Kier alpha value is -1.77. The molecule has 0 amide bonds. The number of rotatable bonds is 3. The van der Waals surface area contributed by atoms with Gasteiger partial charge in [-0.1, -0.05) is 12.5 Å². The number of nitrogens with one attached hydrogen (secondary N) is 1. The molecule has 1 aromatic carbocycles. The zero-order valence-corrected chi connectivity index (χ0v) is 10.7. The minimum absolute atomic E-state index is 0.280. The number of benzene rings is 1. The first-order chi connectivity index (χ1) is 8.79. The normalized spacial score (nSPS) is 18.5. The van der Waals surface area contributed by atoms with E-state index in [2.05, 4.69) is 5.32 Å². The molecule has 1 aromatic rings. The maximum Gasteiger partial charge on any atom is 0.160 e. The summed E-state index contributed by atoms with van der Waals surface area (Å²) in [5.74, 6) is 1.09. The molecule has 1 saturated carbocycles. The number of carbonyl (C=O) groups is 1. The Kier molecular flexibility index (Phi) is 4.40. The molecule has 18 heavy (non-hydrogen) atoms. The Morgan fingerprint density at radius 1 is 1.22 bits per heavy atom. The molecule has 0 saturated heterocycles. The maximum absolute atomic E-state index is 11.8. The van der Waals surface area contributed by atoms with Crippen molar-refractivity contribution >= 4 is 11.5 Å². The van der Waals surface area contributed by atoms with E-state index in [4.69, 9.17) is 4.74 Å². The van der Waals surface area contributed by atoms with E-state index in [0.29, 0.717) is 6.42 Å². The summed E-state index contributed by atoms with van der Waals surface area (Å²) in [7, 11) is 1.65. The lowest BCUT2D eigenvalue weighted by atomic mass is 10.1. The number of hydrogen-bond donors (Lipinski definition) is 1. The lowest BCUT2D eigenvalue weighted by Gasteiger charge is -2.06. The van der Waals surface area contributed by atoms with Crippen LogP contribution in [0.15, 0.2) is 36.0 Å². The van der Waals surface area contributed by atoms with Crippen molar-refractivity contribution in [3.05, 3.63) is 36.0 Å². The van der Waals surface area contributed by atoms with E-state index in [1.165, 1.54) is 0 Å². The van der Waals surface area contributed by atoms with Gasteiger partial charge in [0.25, 0.3) is 0 Å². The average molecular weight is 245 g/mol. The number of allylic oxidation sites excluding steroid dienone is 1. The van der Waals surface area contributed by atoms with Gasteiger partial charge >= 0.3 is 0 Å². The Labute approximate surface area is 108 Å². The number of methoxy groups -OCH3 is 1. The van der Waals surface area contributed by atoms with Gasteiger partial charge in [0.05, 0.1) is 7.11 Å². The molecule has 1 N–H and O–H groups in total. The molecule has 0 heterocycles. The fraction of sp³-hybridized carbons (Fsp3) is 0.400. The van der Waals surface area contributed by atoms with Crippen molar-refractivity contribution in [1.82, 2.24) is 0 Å². The predicted octanol–water partition coefficient (Wildman–Crippen LogP) is 3.52. The molecule has 0 bridgehead atoms. The smallest absolute Gasteiger partial charge is 0.160 e. The SMILES string of the molecule is COc1cccc(N/C=C2\CCCCCC2=O)c1. The van der Waals surface area contributed by atoms with E-state index < -0.39 is 0 Å². The van der Waals surface area contributed by atoms with Crippen LogP contribution < -0.4 is 10.1 Å². The van der Waals surface area contributed by atoms with E-state index in [0.717, 1.165) is 42.7 Å². The second-order valence-electron chi connectivity index (χ2n) is 4.53. The molecule has 0 unspecified atom stereocenters. The van der Waals surface area contributed by atoms with Crippen molar-refractivity contribution in [2.45, 2.75) is 32.1 Å². The first kappa shape index (κ1) is 12.7. The van der Waals surface area contributed by atoms with Crippen LogP contribution in [0.1, 0.15) is 32.1 Å². The van der Waals surface area contributed by atoms with Crippen molar-refractivity contribution in [2.75, 3.05) is 12.4 Å². The quantitative estimate of drug-likeness (QED) is 0.654. The molecule has 0 atom stereocenters. The van der Waals surface area contributed by atoms with Crippen LogP contribution in [0.25, 0.3) is 0 Å². The third-order valence-corrected chi connectivity index (χ3v) is 3.19. The summed E-state index contributed by atoms with van der Waals surface area (Å²) in [6.45, 7) is 0. The zero-order valence-electron chi connectivity index (χ0n) is 10.7. The van der Waals surface area contributed by atoms with Gasteiger partial charge in [0, 0.05) is 29.9 Å². The predicted molar refractivity (Wildman–Crippen MR) is 72.8 cm³/mol. The second-order valence-corrected chi connectivity index (χ2v) is 4.53. The number of ketones is 1. The van der Waals surface area contributed by atoms with Crippen LogP contribution in [0.5, 0.6) is 5.75 Å². The monoisotopic (exact) mass is 245 g/mol. The van der Waals surface area contributed by atoms with Crippen LogP contribution in [0.2, 0.25) is 0 Å². The van der Waals surface area contributed by atoms with Gasteiger partial charge in [0.2, 0.25) is 0 Å². The topological polar surface area (TPSA) is 38.3 Å². The first-order valence-corrected chi connectivity index (χ1v) is 6.42. The summed E-state index contributed by atoms with van der Waals surface area (Å²) in [6.07, 6.45) is 6.71. The molecule has 1 fully saturated rings. The Morgan fingerprint density at radius 2 is 2.06 bits per heavy atom. The largest absolute Gasteiger partial charge is 0.497 e. The Bertz CT molecular complexity index is 452. The van der Waals surface area contributed by atoms with E-state index in [-0.39, 0.29) is 5.78 Å². The molecule has 96 valence electrons. The highest BCUT2D eigenvalue weighted by atomic mass is 16.5. The maximum atomic E-state index is 11.8. The van der Waals surface area contributed by atoms with Crippen LogP contribution in [0, 0.1) is 0 Å². The van der Waals surface area contributed by atoms with Gasteiger partial charge in [0.15, 0.2) is 5.78 Å². The third kappa shape index (κ3) is 3.36. The van der Waals surface area contributed by atoms with Crippen LogP contribution in [0.3, 0.4) is 0 Å². The number of ether oxygens (including phenoxy) is 1. The van der Waals surface area contributed by atoms with Gasteiger partial charge < -0.3 is 10.1 Å². The van der Waals surface area contributed by atoms with Gasteiger partial charge in [-0.3, -0.25) is 4.79 Å². The first-order valence-electron chi connectivity index (χ1n) is 6.42. The highest BCUT2D eigenvalue weighted by molar-refractivity contribution is 5.95. The van der Waals surface area contributed by atoms with Crippen molar-refractivity contribution in [3.63, 3.8) is 0 Å². The van der Waals surface area contributed by atoms with E-state index in [9.17, 15) is 4.79 Å². The Morgan fingerprint density at radius 3 is 2.89 bits per heavy atom. The Balaban J connectivity index is 2.06. The number of anilines is 1. The van der Waals surface area contributed by atoms with Gasteiger partial charge in [-0.15, -0.1) is 0 Å². The van der Waals surface area contributed by atoms with Crippen LogP contribution in [-0.2, 0) is 4.79 Å². The van der Waals surface area contributed by atoms with Crippen molar-refractivity contribution in [1.29, 1.82) is 0 Å². The fourth-order valence-corrected chi connectivity index (χ4v) is 2.11. The minimum Gasteiger partial charge on any atom is -0.497 e. The van der Waals surface area contributed by atoms with Crippen molar-refractivity contribution in [2.24, 2.45) is 0 Å². The van der Waals surface area contributed by atoms with Gasteiger partial charge in [-0.25, -0.2) is 0 Å². The van der Waals surface area contributed by atoms with Crippen molar-refractivity contribution in [3.8, 4) is 5.75 Å². The zero-order chi connectivity index (χ0) is 12.8. The molecule has 3 heteroatoms. The highest BCUT2D eigenvalue weighted by Crippen LogP contribution is 2.21. The van der Waals surface area contributed by atoms with Gasteiger partial charge in [0.1, 0.15) is 5.75 Å². The van der Waals surface area contributed by atoms with E-state index >= 15 is 0 Å². The molecule has 0 aromatic heterocycles. The summed E-state index contributed by atoms with van der Waals surface area (Å²) < 4.78 is 5.16. The van der Waals surface area contributed by atoms with Crippen LogP contribution in [0.4, 0.5) is 5.69 Å². The summed E-state index contributed by atoms with van der Waals surface area (Å²) in [5.41, 5.74) is 1.86. The third-order valence-electron chi connectivity index (χ3n) is 3.19. The molecule has 0 radical (unpaired) electrons. The van der Waals surface area contributed by atoms with Gasteiger partial charge in [-0.2, -0.15) is 0 Å². The lowest BCUT2D eigenvalue weighted by molar-refractivity contribution is -0.115. The summed E-state index contributed by atoms with van der Waals surface area (Å²) in [5, 5.41) is 3.18. The number of carbonyl (C=O) groups excluding carboxylic acids is 1. The number of Topliss-reactive ketones (excluding diaryl/α,β-unsaturated/α-hetero) is 1. The molecule has 1 aliphatic carbocycles. The summed E-state index contributed by atoms with van der Waals surface area (Å²) in [4.78, 5) is 11.8. The molecule has 1 aliphatic rings. The second kappa shape index (κ2) is 6.24. The standard InChI is InChI=1S/C15H19NO2/c1-18-14-8-5-7-13(10-14)16-11-12-6-3-2-4-9-15(12)17/h5,7-8,10-11,16H,2-4,6,9H2,1H3/b12-11+. The molecule has 2 rings (SSSR count). The highest BCUT2D eigenvalue weighted by Gasteiger charge is 2.12. The number of hydrogen-bond acceptors (Lipinski definition) is 3. The fourth-order valence-electron chi connectivity index (χ4n) is 2.11. The molecule has 0 spiro atoms. The van der Waals surface area contributed by atoms with E-state index in [1.54, 1.807) is 7.11 Å². The summed E-state index contributed by atoms with van der Waals surface area (Å²) >= 11 is 0. The van der Waals surface area contributed by atoms with E-state index in [1.807, 2.05) is 30.5 Å². The van der Waals surface area contributed by atoms with Crippen LogP contribution in [-0.4, -0.2) is 12.9 Å². The average Bonchev–Trinajstić information content (AvgIpc) is 2.61. The molecule has 0 aliphatic heterocycles. The summed E-state index contributed by atoms with van der Waals surface area (Å²) in [6, 6.07) is 7.70. The van der Waals surface area contributed by atoms with Crippen molar-refractivity contribution < 1.29 is 9.53 Å². The molecular formula is C15H19NO2. The van der Waals surface area contributed by atoms with Gasteiger partial charge in [-0.05, 0) is 31.4 Å². The van der Waals surface area contributed by atoms with Crippen LogP contribution >= 0.6 is 0 Å². The molecule has 3 nitrogen and oxygen atoms in total. The lowest BCUT2D eigenvalue weighted by Crippen LogP contribution is -2.02.